The zero-order valence-electron chi connectivity index (χ0n) is 7.57. The summed E-state index contributed by atoms with van der Waals surface area (Å²) in [6, 6.07) is -0.606. The molecule has 0 aromatic carbocycles. The molecule has 0 bridgehead atoms. The Balaban J connectivity index is -0.0000000667. The van der Waals surface area contributed by atoms with Gasteiger partial charge in [0, 0.05) is 6.42 Å². The molecule has 0 spiro atoms. The van der Waals surface area contributed by atoms with Crippen LogP contribution in [0.15, 0.2) is 0 Å². The third-order valence-electron chi connectivity index (χ3n) is 1.41. The fourth-order valence-corrected chi connectivity index (χ4v) is 0.882. The predicted octanol–water partition coefficient (Wildman–Crippen LogP) is -4.42. The first-order valence-corrected chi connectivity index (χ1v) is 2.95. The topological polar surface area (TPSA) is 207 Å². The largest absolute Gasteiger partial charge is 3.00 e. The van der Waals surface area contributed by atoms with E-state index in [1.165, 1.54) is 5.48 Å². The summed E-state index contributed by atoms with van der Waals surface area (Å²) in [4.78, 5) is 21.0. The fraction of sp³-hybridized carbons (Fsp3) is 0.600. The van der Waals surface area contributed by atoms with Crippen molar-refractivity contribution in [2.75, 3.05) is 0 Å². The van der Waals surface area contributed by atoms with E-state index in [0.29, 0.717) is 12.8 Å². The third kappa shape index (κ3) is 8.27. The number of hydroxylamine groups is 1. The Morgan fingerprint density at radius 2 is 1.80 bits per heavy atom. The van der Waals surface area contributed by atoms with Crippen LogP contribution < -0.4 is 10.8 Å². The van der Waals surface area contributed by atoms with Crippen molar-refractivity contribution in [3.05, 3.63) is 5.21 Å². The van der Waals surface area contributed by atoms with Gasteiger partial charge in [0.1, 0.15) is 6.04 Å². The Morgan fingerprint density at radius 3 is 2.07 bits per heavy atom. The van der Waals surface area contributed by atoms with E-state index in [-0.39, 0.29) is 44.9 Å². The molecule has 0 aromatic heterocycles. The first kappa shape index (κ1) is 29.2. The molecule has 1 unspecified atom stereocenters. The van der Waals surface area contributed by atoms with Gasteiger partial charge in [-0.2, -0.15) is 0 Å². The zero-order valence-corrected chi connectivity index (χ0v) is 8.67. The van der Waals surface area contributed by atoms with Crippen LogP contribution in [0.1, 0.15) is 12.8 Å². The van der Waals surface area contributed by atoms with Crippen molar-refractivity contribution < 1.29 is 48.6 Å². The number of hydrogen-bond acceptors (Lipinski definition) is 3. The van der Waals surface area contributed by atoms with Gasteiger partial charge in [0.2, 0.25) is 11.8 Å². The van der Waals surface area contributed by atoms with Crippen molar-refractivity contribution >= 4 is 11.8 Å². The van der Waals surface area contributed by atoms with Gasteiger partial charge in [-0.15, -0.1) is 0 Å². The van der Waals surface area contributed by atoms with Gasteiger partial charge in [0.25, 0.3) is 0 Å². The van der Waals surface area contributed by atoms with Gasteiger partial charge >= 0.3 is 17.1 Å². The minimum Gasteiger partial charge on any atom is -0.759 e. The molecule has 1 aliphatic rings. The Labute approximate surface area is 95.9 Å². The molecule has 93 valence electrons. The second-order valence-electron chi connectivity index (χ2n) is 2.13. The predicted molar refractivity (Wildman–Crippen MR) is 47.1 cm³/mol. The fourth-order valence-electron chi connectivity index (χ4n) is 0.882. The van der Waals surface area contributed by atoms with Crippen LogP contribution in [-0.2, 0) is 26.7 Å². The maximum absolute atomic E-state index is 10.5. The first-order chi connectivity index (χ1) is 4.74. The van der Waals surface area contributed by atoms with Gasteiger partial charge < -0.3 is 37.9 Å². The summed E-state index contributed by atoms with van der Waals surface area (Å²) in [5.41, 5.74) is 1.22. The van der Waals surface area contributed by atoms with Crippen LogP contribution in [0.25, 0.3) is 0 Å². The van der Waals surface area contributed by atoms with Gasteiger partial charge in [-0.1, -0.05) is 0 Å². The van der Waals surface area contributed by atoms with Crippen molar-refractivity contribution in [3.8, 4) is 0 Å². The van der Waals surface area contributed by atoms with Crippen LogP contribution >= 0.6 is 0 Å². The molecular weight excluding hydrogens is 256 g/mol. The summed E-state index contributed by atoms with van der Waals surface area (Å²) >= 11 is 0. The molecule has 1 rings (SSSR count). The van der Waals surface area contributed by atoms with Crippen molar-refractivity contribution in [3.63, 3.8) is 0 Å². The number of amides is 2. The van der Waals surface area contributed by atoms with Gasteiger partial charge in [0.05, 0.1) is 0 Å². The van der Waals surface area contributed by atoms with E-state index in [1.54, 1.807) is 0 Å². The maximum atomic E-state index is 10.5. The number of rotatable bonds is 1. The van der Waals surface area contributed by atoms with Crippen LogP contribution in [0.5, 0.6) is 0 Å². The molecule has 1 heterocycles. The molecule has 1 fully saturated rings. The normalized spacial score (nSPS) is 16.1. The minimum absolute atomic E-state index is 0. The smallest absolute Gasteiger partial charge is 0.759 e. The van der Waals surface area contributed by atoms with E-state index in [1.807, 2.05) is 0 Å². The monoisotopic (exact) mass is 271 g/mol. The molecule has 0 aromatic rings. The molecule has 1 saturated heterocycles. The van der Waals surface area contributed by atoms with Crippen molar-refractivity contribution in [1.29, 1.82) is 0 Å². The quantitative estimate of drug-likeness (QED) is 0.357. The molecule has 2 amide bonds. The Morgan fingerprint density at radius 1 is 1.33 bits per heavy atom. The van der Waals surface area contributed by atoms with E-state index in [0.717, 1.165) is 0 Å². The van der Waals surface area contributed by atoms with Crippen molar-refractivity contribution in [2.24, 2.45) is 0 Å². The average molecular weight is 271 g/mol. The Hall–Kier alpha value is -0.741. The van der Waals surface area contributed by atoms with Crippen LogP contribution in [-0.4, -0.2) is 39.8 Å². The summed E-state index contributed by atoms with van der Waals surface area (Å²) in [7, 11) is 0. The third-order valence-corrected chi connectivity index (χ3v) is 1.41. The zero-order chi connectivity index (χ0) is 7.56. The van der Waals surface area contributed by atoms with E-state index in [9.17, 15) is 14.8 Å². The molecule has 1 atom stereocenters. The molecule has 0 saturated carbocycles. The summed E-state index contributed by atoms with van der Waals surface area (Å²) in [6.07, 6.45) is 0.755. The summed E-state index contributed by atoms with van der Waals surface area (Å²) in [5, 5.41) is 12.1. The number of carbonyl (C=O) groups is 2. The van der Waals surface area contributed by atoms with Crippen LogP contribution in [0, 0.1) is 5.21 Å². The van der Waals surface area contributed by atoms with E-state index < -0.39 is 11.9 Å². The molecule has 15 heavy (non-hydrogen) atoms. The Kier molecular flexibility index (Phi) is 25.8. The van der Waals surface area contributed by atoms with E-state index >= 15 is 0 Å². The first-order valence-electron chi connectivity index (χ1n) is 2.95. The molecule has 1 aliphatic heterocycles. The number of hydrogen-bond donors (Lipinski definition) is 2. The molecule has 9 nitrogen and oxygen atoms in total. The van der Waals surface area contributed by atoms with Gasteiger partial charge in [-0.05, 0) is 6.42 Å². The van der Waals surface area contributed by atoms with Gasteiger partial charge in [-0.25, -0.2) is 0 Å². The standard InChI is InChI=1S/C5H7N2O3.Fe.4H2O/c8-4-2-1-3(6-4)5(9)7-10;;;;;/h3H,1-2H2,(H2-,6,7,8,9,10);;4*1H2/q-1;+3;;;;. The molecular formula is C5H15FeN2O7+2. The van der Waals surface area contributed by atoms with E-state index in [4.69, 9.17) is 0 Å². The SMILES string of the molecule is O.O.O.O.O=C1CCC(C(=O)N[O-])N1.[Fe+3]. The van der Waals surface area contributed by atoms with Crippen LogP contribution in [0.4, 0.5) is 0 Å². The minimum atomic E-state index is -0.661. The molecule has 0 aliphatic carbocycles. The van der Waals surface area contributed by atoms with Crippen molar-refractivity contribution in [2.45, 2.75) is 18.9 Å². The molecule has 10 heteroatoms. The second-order valence-corrected chi connectivity index (χ2v) is 2.13. The summed E-state index contributed by atoms with van der Waals surface area (Å²) in [6.45, 7) is 0. The maximum Gasteiger partial charge on any atom is 3.00 e. The van der Waals surface area contributed by atoms with Gasteiger partial charge in [-0.3, -0.25) is 9.59 Å². The summed E-state index contributed by atoms with van der Waals surface area (Å²) < 4.78 is 0. The molecule has 1 radical (unpaired) electrons. The van der Waals surface area contributed by atoms with Crippen LogP contribution in [0.3, 0.4) is 0 Å². The number of nitrogens with one attached hydrogen (secondary N) is 2. The van der Waals surface area contributed by atoms with E-state index in [2.05, 4.69) is 5.32 Å². The number of carbonyl (C=O) groups excluding carboxylic acids is 2. The summed E-state index contributed by atoms with van der Waals surface area (Å²) in [5.74, 6) is -0.834. The van der Waals surface area contributed by atoms with Crippen molar-refractivity contribution in [1.82, 2.24) is 10.8 Å². The second kappa shape index (κ2) is 13.3. The van der Waals surface area contributed by atoms with Gasteiger partial charge in [0.15, 0.2) is 0 Å². The molecule has 10 N–H and O–H groups in total. The van der Waals surface area contributed by atoms with Crippen LogP contribution in [0.2, 0.25) is 0 Å². The average Bonchev–Trinajstić information content (AvgIpc) is 2.34. The Bertz CT molecular complexity index is 179.